The Balaban J connectivity index is 1.93. The van der Waals surface area contributed by atoms with Crippen LogP contribution in [0, 0.1) is 6.92 Å². The van der Waals surface area contributed by atoms with Crippen LogP contribution in [0.25, 0.3) is 10.4 Å². The molecule has 0 radical (unpaired) electrons. The lowest BCUT2D eigenvalue weighted by atomic mass is 10.1. The molecule has 3 aromatic rings. The Bertz CT molecular complexity index is 1120. The van der Waals surface area contributed by atoms with Crippen LogP contribution in [-0.4, -0.2) is 25.9 Å². The lowest BCUT2D eigenvalue weighted by Crippen LogP contribution is -2.21. The van der Waals surface area contributed by atoms with Crippen molar-refractivity contribution in [1.82, 2.24) is 4.98 Å². The monoisotopic (exact) mass is 436 g/mol. The van der Waals surface area contributed by atoms with Crippen LogP contribution in [0.3, 0.4) is 0 Å². The number of thiazole rings is 1. The van der Waals surface area contributed by atoms with Crippen LogP contribution in [0.1, 0.15) is 5.69 Å². The summed E-state index contributed by atoms with van der Waals surface area (Å²) in [4.78, 5) is 16.7. The van der Waals surface area contributed by atoms with Crippen LogP contribution < -0.4 is 15.8 Å². The molecule has 1 amide bonds. The zero-order valence-corrected chi connectivity index (χ0v) is 17.2. The quantitative estimate of drug-likeness (QED) is 0.547. The highest BCUT2D eigenvalue weighted by Gasteiger charge is 2.17. The average Bonchev–Trinajstić information content (AvgIpc) is 3.04. The van der Waals surface area contributed by atoms with Crippen molar-refractivity contribution in [3.8, 4) is 10.4 Å². The van der Waals surface area contributed by atoms with E-state index < -0.39 is 10.0 Å². The van der Waals surface area contributed by atoms with Crippen molar-refractivity contribution >= 4 is 49.7 Å². The van der Waals surface area contributed by atoms with E-state index in [4.69, 9.17) is 17.3 Å². The minimum atomic E-state index is -3.78. The molecule has 0 saturated carbocycles. The van der Waals surface area contributed by atoms with E-state index in [0.29, 0.717) is 10.8 Å². The second-order valence-corrected chi connectivity index (χ2v) is 8.89. The number of aromatic nitrogens is 1. The second-order valence-electron chi connectivity index (χ2n) is 5.80. The fourth-order valence-electron chi connectivity index (χ4n) is 2.44. The van der Waals surface area contributed by atoms with E-state index >= 15 is 0 Å². The van der Waals surface area contributed by atoms with Gasteiger partial charge in [-0.2, -0.15) is 0 Å². The van der Waals surface area contributed by atoms with Crippen LogP contribution in [0.15, 0.2) is 53.4 Å². The van der Waals surface area contributed by atoms with Crippen molar-refractivity contribution in [2.24, 2.45) is 5.73 Å². The summed E-state index contributed by atoms with van der Waals surface area (Å²) >= 11 is 7.47. The molecule has 0 atom stereocenters. The maximum atomic E-state index is 12.6. The number of aryl methyl sites for hydroxylation is 1. The molecule has 0 unspecified atom stereocenters. The molecule has 0 aliphatic carbocycles. The van der Waals surface area contributed by atoms with Gasteiger partial charge in [-0.15, -0.1) is 0 Å². The van der Waals surface area contributed by atoms with Gasteiger partial charge in [0.15, 0.2) is 5.13 Å². The molecule has 1 heterocycles. The third-order valence-electron chi connectivity index (χ3n) is 3.75. The third kappa shape index (κ3) is 4.50. The molecule has 0 saturated heterocycles. The first kappa shape index (κ1) is 20.3. The number of nitrogens with zero attached hydrogens (tertiary/aromatic N) is 1. The number of benzene rings is 2. The van der Waals surface area contributed by atoms with Gasteiger partial charge in [0.05, 0.1) is 32.7 Å². The average molecular weight is 437 g/mol. The normalized spacial score (nSPS) is 11.2. The SMILES string of the molecule is Cc1nc(NC(=O)CN)sc1-c1ccc(Cl)c(NS(=O)(=O)c2ccccc2)c1. The van der Waals surface area contributed by atoms with Gasteiger partial charge in [0.2, 0.25) is 5.91 Å². The Hall–Kier alpha value is -2.46. The summed E-state index contributed by atoms with van der Waals surface area (Å²) in [6.07, 6.45) is 0. The predicted molar refractivity (Wildman–Crippen MR) is 112 cm³/mol. The number of hydrogen-bond acceptors (Lipinski definition) is 6. The van der Waals surface area contributed by atoms with E-state index in [1.54, 1.807) is 43.3 Å². The number of amides is 1. The van der Waals surface area contributed by atoms with Crippen molar-refractivity contribution in [3.05, 3.63) is 59.2 Å². The molecule has 2 aromatic carbocycles. The third-order valence-corrected chi connectivity index (χ3v) is 6.59. The van der Waals surface area contributed by atoms with Gasteiger partial charge in [0.25, 0.3) is 10.0 Å². The maximum absolute atomic E-state index is 12.6. The van der Waals surface area contributed by atoms with Crippen LogP contribution in [0.4, 0.5) is 10.8 Å². The summed E-state index contributed by atoms with van der Waals surface area (Å²) in [5.74, 6) is -0.340. The number of carbonyl (C=O) groups excluding carboxylic acids is 1. The van der Waals surface area contributed by atoms with E-state index in [1.807, 2.05) is 0 Å². The molecular weight excluding hydrogens is 420 g/mol. The molecule has 0 bridgehead atoms. The van der Waals surface area contributed by atoms with Crippen LogP contribution in [-0.2, 0) is 14.8 Å². The highest BCUT2D eigenvalue weighted by Crippen LogP contribution is 2.36. The first-order valence-electron chi connectivity index (χ1n) is 8.15. The van der Waals surface area contributed by atoms with Crippen molar-refractivity contribution < 1.29 is 13.2 Å². The minimum Gasteiger partial charge on any atom is -0.322 e. The number of carbonyl (C=O) groups is 1. The van der Waals surface area contributed by atoms with Crippen molar-refractivity contribution in [1.29, 1.82) is 0 Å². The molecule has 1 aromatic heterocycles. The Morgan fingerprint density at radius 3 is 2.61 bits per heavy atom. The zero-order chi connectivity index (χ0) is 20.3. The Morgan fingerprint density at radius 2 is 1.93 bits per heavy atom. The molecule has 0 aliphatic heterocycles. The molecule has 28 heavy (non-hydrogen) atoms. The van der Waals surface area contributed by atoms with E-state index in [1.165, 1.54) is 23.5 Å². The van der Waals surface area contributed by atoms with E-state index in [2.05, 4.69) is 15.0 Å². The number of anilines is 2. The maximum Gasteiger partial charge on any atom is 0.261 e. The summed E-state index contributed by atoms with van der Waals surface area (Å²) < 4.78 is 27.7. The van der Waals surface area contributed by atoms with E-state index in [-0.39, 0.29) is 28.1 Å². The minimum absolute atomic E-state index is 0.136. The van der Waals surface area contributed by atoms with Crippen LogP contribution in [0.5, 0.6) is 0 Å². The Morgan fingerprint density at radius 1 is 1.21 bits per heavy atom. The van der Waals surface area contributed by atoms with E-state index in [9.17, 15) is 13.2 Å². The first-order chi connectivity index (χ1) is 13.3. The van der Waals surface area contributed by atoms with E-state index in [0.717, 1.165) is 10.4 Å². The molecule has 7 nitrogen and oxygen atoms in total. The highest BCUT2D eigenvalue weighted by atomic mass is 35.5. The van der Waals surface area contributed by atoms with Gasteiger partial charge in [0.1, 0.15) is 0 Å². The van der Waals surface area contributed by atoms with Gasteiger partial charge in [-0.1, -0.05) is 47.2 Å². The van der Waals surface area contributed by atoms with Gasteiger partial charge < -0.3 is 11.1 Å². The van der Waals surface area contributed by atoms with Gasteiger partial charge in [-0.05, 0) is 36.8 Å². The van der Waals surface area contributed by atoms with Gasteiger partial charge in [-0.25, -0.2) is 13.4 Å². The van der Waals surface area contributed by atoms with Crippen LogP contribution in [0.2, 0.25) is 5.02 Å². The Labute approximate surface area is 171 Å². The summed E-state index contributed by atoms with van der Waals surface area (Å²) in [5, 5.41) is 3.30. The Kier molecular flexibility index (Phi) is 5.99. The molecule has 146 valence electrons. The predicted octanol–water partition coefficient (Wildman–Crippen LogP) is 3.47. The second kappa shape index (κ2) is 8.27. The topological polar surface area (TPSA) is 114 Å². The number of nitrogens with two attached hydrogens (primary N) is 1. The number of halogens is 1. The number of rotatable bonds is 6. The van der Waals surface area contributed by atoms with Gasteiger partial charge in [0, 0.05) is 0 Å². The molecule has 0 spiro atoms. The fraction of sp³-hybridized carbons (Fsp3) is 0.111. The van der Waals surface area contributed by atoms with Crippen molar-refractivity contribution in [2.45, 2.75) is 11.8 Å². The van der Waals surface area contributed by atoms with Crippen molar-refractivity contribution in [2.75, 3.05) is 16.6 Å². The standard InChI is InChI=1S/C18H17ClN4O3S2/c1-11-17(27-18(21-11)22-16(24)10-20)12-7-8-14(19)15(9-12)23-28(25,26)13-5-3-2-4-6-13/h2-9,23H,10,20H2,1H3,(H,21,22,24). The molecular formula is C18H17ClN4O3S2. The molecule has 3 rings (SSSR count). The molecule has 10 heteroatoms. The first-order valence-corrected chi connectivity index (χ1v) is 10.8. The molecule has 4 N–H and O–H groups in total. The lowest BCUT2D eigenvalue weighted by molar-refractivity contribution is -0.114. The van der Waals surface area contributed by atoms with Gasteiger partial charge in [-0.3, -0.25) is 9.52 Å². The highest BCUT2D eigenvalue weighted by molar-refractivity contribution is 7.92. The van der Waals surface area contributed by atoms with Crippen molar-refractivity contribution in [3.63, 3.8) is 0 Å². The number of hydrogen-bond donors (Lipinski definition) is 3. The summed E-state index contributed by atoms with van der Waals surface area (Å²) in [6.45, 7) is 1.66. The largest absolute Gasteiger partial charge is 0.322 e. The summed E-state index contributed by atoms with van der Waals surface area (Å²) in [6, 6.07) is 13.0. The molecule has 0 aliphatic rings. The van der Waals surface area contributed by atoms with Crippen LogP contribution >= 0.6 is 22.9 Å². The smallest absolute Gasteiger partial charge is 0.261 e. The number of nitrogens with one attached hydrogen (secondary N) is 2. The van der Waals surface area contributed by atoms with Gasteiger partial charge >= 0.3 is 0 Å². The summed E-state index contributed by atoms with van der Waals surface area (Å²) in [5.41, 5.74) is 6.97. The summed E-state index contributed by atoms with van der Waals surface area (Å²) in [7, 11) is -3.78. The zero-order valence-electron chi connectivity index (χ0n) is 14.8. The molecule has 0 fully saturated rings. The fourth-order valence-corrected chi connectivity index (χ4v) is 4.73. The number of sulfonamides is 1. The lowest BCUT2D eigenvalue weighted by Gasteiger charge is -2.11.